The molecule has 0 heterocycles. The molecule has 0 unspecified atom stereocenters. The molecular formula is C11H9BrZn. The van der Waals surface area contributed by atoms with Gasteiger partial charge in [-0.1, -0.05) is 0 Å². The van der Waals surface area contributed by atoms with Crippen LogP contribution >= 0.6 is 0 Å². The molecule has 0 bridgehead atoms. The van der Waals surface area contributed by atoms with Gasteiger partial charge in [-0.05, 0) is 0 Å². The van der Waals surface area contributed by atoms with Crippen molar-refractivity contribution in [3.63, 3.8) is 0 Å². The molecular weight excluding hydrogens is 277 g/mol. The average molecular weight is 286 g/mol. The van der Waals surface area contributed by atoms with E-state index in [0.717, 1.165) is 0 Å². The number of rotatable bonds is 1. The fourth-order valence-electron chi connectivity index (χ4n) is 1.39. The number of hydrogen-bond donors (Lipinski definition) is 0. The van der Waals surface area contributed by atoms with E-state index in [9.17, 15) is 0 Å². The van der Waals surface area contributed by atoms with Crippen molar-refractivity contribution in [3.05, 3.63) is 48.0 Å². The van der Waals surface area contributed by atoms with Gasteiger partial charge in [0.15, 0.2) is 0 Å². The molecule has 2 rings (SSSR count). The van der Waals surface area contributed by atoms with E-state index in [-0.39, 0.29) is 17.0 Å². The van der Waals surface area contributed by atoms with Crippen LogP contribution in [0.1, 0.15) is 5.56 Å². The molecule has 0 radical (unpaired) electrons. The summed E-state index contributed by atoms with van der Waals surface area (Å²) in [5.74, 6) is 0. The fraction of sp³-hybridized carbons (Fsp3) is 0.0909. The maximum absolute atomic E-state index is 2.29. The van der Waals surface area contributed by atoms with Crippen LogP contribution in [-0.2, 0) is 23.3 Å². The number of benzene rings is 2. The van der Waals surface area contributed by atoms with Gasteiger partial charge in [-0.2, -0.15) is 0 Å². The first-order valence-corrected chi connectivity index (χ1v) is 6.27. The molecule has 0 saturated heterocycles. The van der Waals surface area contributed by atoms with Crippen molar-refractivity contribution >= 4 is 10.8 Å². The Kier molecular flexibility index (Phi) is 4.08. The van der Waals surface area contributed by atoms with Gasteiger partial charge >= 0.3 is 82.1 Å². The molecule has 0 aromatic heterocycles. The monoisotopic (exact) mass is 284 g/mol. The summed E-state index contributed by atoms with van der Waals surface area (Å²) < 4.78 is 0. The third kappa shape index (κ3) is 2.39. The second kappa shape index (κ2) is 4.88. The molecule has 0 aliphatic rings. The van der Waals surface area contributed by atoms with Crippen LogP contribution in [0.5, 0.6) is 0 Å². The van der Waals surface area contributed by atoms with E-state index in [1.54, 1.807) is 0 Å². The van der Waals surface area contributed by atoms with E-state index >= 15 is 0 Å². The Labute approximate surface area is 98.8 Å². The van der Waals surface area contributed by atoms with Gasteiger partial charge < -0.3 is 17.0 Å². The molecule has 0 fully saturated rings. The molecule has 0 N–H and O–H groups in total. The van der Waals surface area contributed by atoms with E-state index in [0.29, 0.717) is 0 Å². The second-order valence-corrected chi connectivity index (χ2v) is 3.98. The maximum atomic E-state index is 2.29. The van der Waals surface area contributed by atoms with E-state index in [1.807, 2.05) is 0 Å². The van der Waals surface area contributed by atoms with E-state index in [2.05, 4.69) is 42.5 Å². The molecule has 13 heavy (non-hydrogen) atoms. The van der Waals surface area contributed by atoms with Gasteiger partial charge in [0.05, 0.1) is 0 Å². The van der Waals surface area contributed by atoms with Gasteiger partial charge in [0.2, 0.25) is 0 Å². The zero-order chi connectivity index (χ0) is 8.39. The van der Waals surface area contributed by atoms with Gasteiger partial charge in [-0.15, -0.1) is 0 Å². The van der Waals surface area contributed by atoms with Gasteiger partial charge in [0.1, 0.15) is 0 Å². The second-order valence-electron chi connectivity index (χ2n) is 2.93. The average Bonchev–Trinajstić information content (AvgIpc) is 2.17. The quantitative estimate of drug-likeness (QED) is 0.642. The minimum atomic E-state index is 0. The molecule has 2 heteroatoms. The van der Waals surface area contributed by atoms with Crippen LogP contribution in [0.3, 0.4) is 0 Å². The Hall–Kier alpha value is -0.197. The molecule has 2 aromatic rings. The zero-order valence-electron chi connectivity index (χ0n) is 7.33. The van der Waals surface area contributed by atoms with E-state index in [4.69, 9.17) is 0 Å². The molecule has 0 amide bonds. The molecule has 0 spiro atoms. The summed E-state index contributed by atoms with van der Waals surface area (Å²) in [6.07, 6.45) is 0. The van der Waals surface area contributed by atoms with Crippen LogP contribution < -0.4 is 17.0 Å². The number of hydrogen-bond acceptors (Lipinski definition) is 0. The standard InChI is InChI=1S/C11H9.BrH.Zn/c1-9-6-7-10-4-2-3-5-11(10)8-9;;/h2-8H,1H2;1H;/q;;+1/p-1. The summed E-state index contributed by atoms with van der Waals surface area (Å²) in [6, 6.07) is 15.2. The van der Waals surface area contributed by atoms with Gasteiger partial charge in [-0.3, -0.25) is 0 Å². The summed E-state index contributed by atoms with van der Waals surface area (Å²) in [4.78, 5) is 0. The van der Waals surface area contributed by atoms with Crippen molar-refractivity contribution in [2.75, 3.05) is 0 Å². The summed E-state index contributed by atoms with van der Waals surface area (Å²) >= 11 is 1.35. The van der Waals surface area contributed by atoms with Crippen LogP contribution in [0.25, 0.3) is 10.8 Å². The van der Waals surface area contributed by atoms with Crippen LogP contribution in [0.2, 0.25) is 0 Å². The molecule has 0 aliphatic carbocycles. The molecule has 0 saturated carbocycles. The van der Waals surface area contributed by atoms with Crippen molar-refractivity contribution in [1.29, 1.82) is 0 Å². The third-order valence-electron chi connectivity index (χ3n) is 2.10. The first-order valence-electron chi connectivity index (χ1n) is 4.17. The van der Waals surface area contributed by atoms with Gasteiger partial charge in [-0.25, -0.2) is 0 Å². The Balaban J connectivity index is 0.000000845. The Morgan fingerprint density at radius 3 is 2.31 bits per heavy atom. The first-order chi connectivity index (χ1) is 5.90. The fourth-order valence-corrected chi connectivity index (χ4v) is 2.05. The minimum absolute atomic E-state index is 0. The molecule has 62 valence electrons. The topological polar surface area (TPSA) is 0 Å². The predicted octanol–water partition coefficient (Wildman–Crippen LogP) is -0.109. The zero-order valence-corrected chi connectivity index (χ0v) is 11.9. The Bertz CT molecular complexity index is 398. The van der Waals surface area contributed by atoms with Crippen molar-refractivity contribution in [1.82, 2.24) is 0 Å². The SMILES string of the molecule is [Br-].[Zn+][CH2]c1ccc2ccccc2c1. The third-order valence-corrected chi connectivity index (χ3v) is 3.31. The number of halogens is 1. The van der Waals surface area contributed by atoms with Crippen molar-refractivity contribution in [2.24, 2.45) is 0 Å². The van der Waals surface area contributed by atoms with Crippen LogP contribution in [0, 0.1) is 0 Å². The van der Waals surface area contributed by atoms with Crippen molar-refractivity contribution in [2.45, 2.75) is 5.02 Å². The Morgan fingerprint density at radius 2 is 1.62 bits per heavy atom. The molecule has 0 atom stereocenters. The normalized spacial score (nSPS) is 9.69. The van der Waals surface area contributed by atoms with Crippen LogP contribution in [0.15, 0.2) is 42.5 Å². The van der Waals surface area contributed by atoms with Crippen LogP contribution in [-0.4, -0.2) is 0 Å². The number of fused-ring (bicyclic) bond motifs is 1. The summed E-state index contributed by atoms with van der Waals surface area (Å²) in [5, 5.41) is 3.95. The summed E-state index contributed by atoms with van der Waals surface area (Å²) in [6.45, 7) is 0. The predicted molar refractivity (Wildman–Crippen MR) is 47.7 cm³/mol. The van der Waals surface area contributed by atoms with Gasteiger partial charge in [0, 0.05) is 0 Å². The molecule has 0 nitrogen and oxygen atoms in total. The molecule has 2 aromatic carbocycles. The summed E-state index contributed by atoms with van der Waals surface area (Å²) in [5.41, 5.74) is 1.47. The Morgan fingerprint density at radius 1 is 0.923 bits per heavy atom. The van der Waals surface area contributed by atoms with Crippen molar-refractivity contribution in [3.8, 4) is 0 Å². The summed E-state index contributed by atoms with van der Waals surface area (Å²) in [7, 11) is 0. The van der Waals surface area contributed by atoms with E-state index < -0.39 is 0 Å². The van der Waals surface area contributed by atoms with Gasteiger partial charge in [0.25, 0.3) is 0 Å². The van der Waals surface area contributed by atoms with E-state index in [1.165, 1.54) is 39.7 Å². The van der Waals surface area contributed by atoms with Crippen LogP contribution in [0.4, 0.5) is 0 Å². The first kappa shape index (κ1) is 10.9. The van der Waals surface area contributed by atoms with Crippen molar-refractivity contribution < 1.29 is 35.3 Å². The molecule has 0 aliphatic heterocycles.